The van der Waals surface area contributed by atoms with Gasteiger partial charge in [-0.3, -0.25) is 0 Å². The van der Waals surface area contributed by atoms with Crippen molar-refractivity contribution in [3.63, 3.8) is 0 Å². The minimum absolute atomic E-state index is 0.0249. The molecule has 0 atom stereocenters. The van der Waals surface area contributed by atoms with E-state index in [1.165, 1.54) is 12.1 Å². The third kappa shape index (κ3) is 4.18. The number of aromatic nitrogens is 2. The quantitative estimate of drug-likeness (QED) is 0.939. The van der Waals surface area contributed by atoms with Gasteiger partial charge in [-0.15, -0.1) is 5.10 Å². The van der Waals surface area contributed by atoms with E-state index in [0.717, 1.165) is 18.5 Å². The summed E-state index contributed by atoms with van der Waals surface area (Å²) in [5.74, 6) is 0.181. The number of nitrogens with zero attached hydrogens (tertiary/aromatic N) is 3. The van der Waals surface area contributed by atoms with Crippen LogP contribution in [-0.4, -0.2) is 40.3 Å². The number of rotatable bonds is 3. The van der Waals surface area contributed by atoms with Crippen molar-refractivity contribution in [2.24, 2.45) is 0 Å². The molecule has 1 aliphatic rings. The summed E-state index contributed by atoms with van der Waals surface area (Å²) in [7, 11) is 0. The van der Waals surface area contributed by atoms with Gasteiger partial charge in [-0.05, 0) is 37.3 Å². The van der Waals surface area contributed by atoms with Crippen molar-refractivity contribution in [2.45, 2.75) is 25.9 Å². The predicted octanol–water partition coefficient (Wildman–Crippen LogP) is 3.00. The summed E-state index contributed by atoms with van der Waals surface area (Å²) in [6, 6.07) is 9.19. The molecule has 6 nitrogen and oxygen atoms in total. The van der Waals surface area contributed by atoms with Crippen molar-refractivity contribution < 1.29 is 13.9 Å². The molecule has 0 spiro atoms. The van der Waals surface area contributed by atoms with Crippen LogP contribution in [0.4, 0.5) is 14.9 Å². The Bertz CT molecular complexity index is 683. The second kappa shape index (κ2) is 7.25. The van der Waals surface area contributed by atoms with Crippen LogP contribution in [0, 0.1) is 12.7 Å². The van der Waals surface area contributed by atoms with E-state index in [2.05, 4.69) is 15.5 Å². The molecule has 0 radical (unpaired) electrons. The lowest BCUT2D eigenvalue weighted by atomic mass is 10.1. The molecule has 3 rings (SSSR count). The van der Waals surface area contributed by atoms with E-state index < -0.39 is 0 Å². The number of amides is 2. The predicted molar refractivity (Wildman–Crippen MR) is 87.4 cm³/mol. The Kier molecular flexibility index (Phi) is 4.88. The van der Waals surface area contributed by atoms with Gasteiger partial charge in [0.15, 0.2) is 0 Å². The number of urea groups is 1. The summed E-state index contributed by atoms with van der Waals surface area (Å²) in [5, 5.41) is 10.7. The van der Waals surface area contributed by atoms with Crippen molar-refractivity contribution >= 4 is 11.7 Å². The van der Waals surface area contributed by atoms with Gasteiger partial charge in [0.25, 0.3) is 0 Å². The summed E-state index contributed by atoms with van der Waals surface area (Å²) in [6.07, 6.45) is 1.48. The maximum atomic E-state index is 12.9. The van der Waals surface area contributed by atoms with E-state index in [9.17, 15) is 9.18 Å². The number of carbonyl (C=O) groups excluding carboxylic acids is 1. The highest BCUT2D eigenvalue weighted by Crippen LogP contribution is 2.18. The molecule has 0 aliphatic carbocycles. The monoisotopic (exact) mass is 330 g/mol. The topological polar surface area (TPSA) is 67.3 Å². The Balaban J connectivity index is 1.48. The van der Waals surface area contributed by atoms with E-state index in [1.807, 2.05) is 13.0 Å². The van der Waals surface area contributed by atoms with Crippen molar-refractivity contribution in [1.82, 2.24) is 15.1 Å². The first-order valence-corrected chi connectivity index (χ1v) is 7.88. The fourth-order valence-electron chi connectivity index (χ4n) is 2.53. The Morgan fingerprint density at radius 2 is 1.88 bits per heavy atom. The molecule has 1 N–H and O–H groups in total. The van der Waals surface area contributed by atoms with Gasteiger partial charge in [0.2, 0.25) is 5.88 Å². The number of hydrogen-bond acceptors (Lipinski definition) is 4. The largest absolute Gasteiger partial charge is 0.473 e. The van der Waals surface area contributed by atoms with Crippen LogP contribution >= 0.6 is 0 Å². The zero-order chi connectivity index (χ0) is 16.9. The lowest BCUT2D eigenvalue weighted by Crippen LogP contribution is -2.43. The highest BCUT2D eigenvalue weighted by Gasteiger charge is 2.24. The number of ether oxygens (including phenoxy) is 1. The van der Waals surface area contributed by atoms with E-state index in [0.29, 0.717) is 24.7 Å². The molecule has 126 valence electrons. The summed E-state index contributed by atoms with van der Waals surface area (Å²) in [6.45, 7) is 3.06. The molecule has 0 bridgehead atoms. The fraction of sp³-hybridized carbons (Fsp3) is 0.353. The molecular weight excluding hydrogens is 311 g/mol. The van der Waals surface area contributed by atoms with Crippen LogP contribution in [-0.2, 0) is 0 Å². The van der Waals surface area contributed by atoms with Crippen LogP contribution in [0.25, 0.3) is 0 Å². The second-order valence-electron chi connectivity index (χ2n) is 5.75. The van der Waals surface area contributed by atoms with Gasteiger partial charge in [-0.2, -0.15) is 5.10 Å². The molecule has 1 fully saturated rings. The van der Waals surface area contributed by atoms with Crippen molar-refractivity contribution in [1.29, 1.82) is 0 Å². The van der Waals surface area contributed by atoms with Crippen molar-refractivity contribution in [2.75, 3.05) is 18.4 Å². The molecule has 1 aromatic carbocycles. The molecule has 2 aromatic rings. The first kappa shape index (κ1) is 16.2. The van der Waals surface area contributed by atoms with E-state index in [1.54, 1.807) is 23.1 Å². The number of carbonyl (C=O) groups is 1. The number of piperidine rings is 1. The second-order valence-corrected chi connectivity index (χ2v) is 5.75. The van der Waals surface area contributed by atoms with E-state index in [-0.39, 0.29) is 18.0 Å². The number of likely N-dealkylation sites (tertiary alicyclic amines) is 1. The molecule has 24 heavy (non-hydrogen) atoms. The molecule has 7 heteroatoms. The minimum Gasteiger partial charge on any atom is -0.473 e. The maximum Gasteiger partial charge on any atom is 0.321 e. The van der Waals surface area contributed by atoms with E-state index >= 15 is 0 Å². The Morgan fingerprint density at radius 3 is 2.50 bits per heavy atom. The minimum atomic E-state index is -0.329. The summed E-state index contributed by atoms with van der Waals surface area (Å²) >= 11 is 0. The average Bonchev–Trinajstić information content (AvgIpc) is 2.59. The molecule has 1 aromatic heterocycles. The summed E-state index contributed by atoms with van der Waals surface area (Å²) in [5.41, 5.74) is 1.42. The van der Waals surface area contributed by atoms with Crippen LogP contribution < -0.4 is 10.1 Å². The normalized spacial score (nSPS) is 15.2. The van der Waals surface area contributed by atoms with Gasteiger partial charge in [-0.1, -0.05) is 0 Å². The fourth-order valence-corrected chi connectivity index (χ4v) is 2.53. The number of halogens is 1. The lowest BCUT2D eigenvalue weighted by Gasteiger charge is -2.31. The standard InChI is InChI=1S/C17H19FN4O2/c1-12-2-7-16(21-20-12)24-15-8-10-22(11-9-15)17(23)19-14-5-3-13(18)4-6-14/h2-7,15H,8-11H2,1H3,(H,19,23). The van der Waals surface area contributed by atoms with Gasteiger partial charge < -0.3 is 15.0 Å². The Hall–Kier alpha value is -2.70. The zero-order valence-electron chi connectivity index (χ0n) is 13.4. The third-order valence-corrected chi connectivity index (χ3v) is 3.89. The molecule has 1 saturated heterocycles. The number of aryl methyl sites for hydroxylation is 1. The van der Waals surface area contributed by atoms with Crippen LogP contribution in [0.3, 0.4) is 0 Å². The number of hydrogen-bond donors (Lipinski definition) is 1. The van der Waals surface area contributed by atoms with Gasteiger partial charge in [-0.25, -0.2) is 9.18 Å². The highest BCUT2D eigenvalue weighted by atomic mass is 19.1. The van der Waals surface area contributed by atoms with Crippen LogP contribution in [0.2, 0.25) is 0 Å². The SMILES string of the molecule is Cc1ccc(OC2CCN(C(=O)Nc3ccc(F)cc3)CC2)nn1. The molecular formula is C17H19FN4O2. The van der Waals surface area contributed by atoms with Gasteiger partial charge in [0.05, 0.1) is 5.69 Å². The van der Waals surface area contributed by atoms with Crippen molar-refractivity contribution in [3.05, 3.63) is 47.9 Å². The summed E-state index contributed by atoms with van der Waals surface area (Å²) in [4.78, 5) is 13.9. The van der Waals surface area contributed by atoms with Crippen LogP contribution in [0.1, 0.15) is 18.5 Å². The Morgan fingerprint density at radius 1 is 1.17 bits per heavy atom. The van der Waals surface area contributed by atoms with Crippen molar-refractivity contribution in [3.8, 4) is 5.88 Å². The third-order valence-electron chi connectivity index (χ3n) is 3.89. The Labute approximate surface area is 139 Å². The number of anilines is 1. The highest BCUT2D eigenvalue weighted by molar-refractivity contribution is 5.89. The molecule has 1 aliphatic heterocycles. The first-order chi connectivity index (χ1) is 11.6. The first-order valence-electron chi connectivity index (χ1n) is 7.88. The summed E-state index contributed by atoms with van der Waals surface area (Å²) < 4.78 is 18.7. The number of benzene rings is 1. The molecule has 0 unspecified atom stereocenters. The van der Waals surface area contributed by atoms with Crippen LogP contribution in [0.5, 0.6) is 5.88 Å². The maximum absolute atomic E-state index is 12.9. The smallest absolute Gasteiger partial charge is 0.321 e. The molecule has 2 heterocycles. The average molecular weight is 330 g/mol. The van der Waals surface area contributed by atoms with Gasteiger partial charge in [0.1, 0.15) is 11.9 Å². The molecule has 0 saturated carbocycles. The van der Waals surface area contributed by atoms with Gasteiger partial charge in [0, 0.05) is 37.7 Å². The number of nitrogens with one attached hydrogen (secondary N) is 1. The lowest BCUT2D eigenvalue weighted by molar-refractivity contribution is 0.110. The van der Waals surface area contributed by atoms with Gasteiger partial charge >= 0.3 is 6.03 Å². The zero-order valence-corrected chi connectivity index (χ0v) is 13.4. The van der Waals surface area contributed by atoms with E-state index in [4.69, 9.17) is 4.74 Å². The molecule has 2 amide bonds. The van der Waals surface area contributed by atoms with Crippen LogP contribution in [0.15, 0.2) is 36.4 Å².